The van der Waals surface area contributed by atoms with Crippen LogP contribution >= 0.6 is 25.3 Å². The highest BCUT2D eigenvalue weighted by atomic mass is 32.1. The van der Waals surface area contributed by atoms with Crippen LogP contribution in [0, 0.1) is 6.92 Å². The number of aryl methyl sites for hydroxylation is 1. The first-order valence-electron chi connectivity index (χ1n) is 6.55. The summed E-state index contributed by atoms with van der Waals surface area (Å²) >= 11 is 9.28. The fourth-order valence-corrected chi connectivity index (χ4v) is 2.61. The second kappa shape index (κ2) is 6.91. The Balaban J connectivity index is 2.46. The molecule has 0 heterocycles. The van der Waals surface area contributed by atoms with E-state index in [1.165, 1.54) is 0 Å². The van der Waals surface area contributed by atoms with Gasteiger partial charge in [-0.3, -0.25) is 0 Å². The molecule has 0 saturated heterocycles. The second-order valence-corrected chi connectivity index (χ2v) is 5.37. The molecule has 0 aliphatic heterocycles. The van der Waals surface area contributed by atoms with Gasteiger partial charge in [-0.2, -0.15) is 0 Å². The Morgan fingerprint density at radius 1 is 1.00 bits per heavy atom. The van der Waals surface area contributed by atoms with E-state index in [0.717, 1.165) is 32.3 Å². The highest BCUT2D eigenvalue weighted by molar-refractivity contribution is 7.96. The topological polar surface area (TPSA) is 9.23 Å². The molecule has 104 valence electrons. The zero-order valence-corrected chi connectivity index (χ0v) is 13.4. The first-order chi connectivity index (χ1) is 9.63. The van der Waals surface area contributed by atoms with Crippen molar-refractivity contribution < 1.29 is 4.74 Å². The molecule has 0 amide bonds. The Hall–Kier alpha value is -1.32. The van der Waals surface area contributed by atoms with E-state index in [1.807, 2.05) is 55.5 Å². The molecule has 3 heteroatoms. The minimum absolute atomic E-state index is 0.653. The fraction of sp³-hybridized carbons (Fsp3) is 0.176. The van der Waals surface area contributed by atoms with Gasteiger partial charge in [-0.05, 0) is 42.7 Å². The molecule has 0 saturated carbocycles. The predicted octanol–water partition coefficient (Wildman–Crippen LogP) is 5.08. The van der Waals surface area contributed by atoms with Crippen molar-refractivity contribution >= 4 is 35.1 Å². The monoisotopic (exact) mass is 302 g/mol. The minimum atomic E-state index is 0.653. The Morgan fingerprint density at radius 3 is 2.35 bits per heavy atom. The number of ether oxygens (including phenoxy) is 1. The van der Waals surface area contributed by atoms with E-state index in [9.17, 15) is 0 Å². The maximum absolute atomic E-state index is 5.56. The van der Waals surface area contributed by atoms with Crippen molar-refractivity contribution in [3.05, 3.63) is 65.2 Å². The van der Waals surface area contributed by atoms with Gasteiger partial charge in [0, 0.05) is 9.81 Å². The summed E-state index contributed by atoms with van der Waals surface area (Å²) in [6, 6.07) is 16.1. The summed E-state index contributed by atoms with van der Waals surface area (Å²) in [6.45, 7) is 4.69. The average Bonchev–Trinajstić information content (AvgIpc) is 2.49. The molecular formula is C17H18OS2. The zero-order valence-electron chi connectivity index (χ0n) is 11.6. The molecule has 0 fully saturated rings. The van der Waals surface area contributed by atoms with Gasteiger partial charge >= 0.3 is 0 Å². The van der Waals surface area contributed by atoms with Gasteiger partial charge in [-0.1, -0.05) is 36.4 Å². The van der Waals surface area contributed by atoms with Crippen LogP contribution in [0.2, 0.25) is 0 Å². The quantitative estimate of drug-likeness (QED) is 0.591. The van der Waals surface area contributed by atoms with E-state index in [-0.39, 0.29) is 0 Å². The Morgan fingerprint density at radius 2 is 1.70 bits per heavy atom. The largest absolute Gasteiger partial charge is 0.494 e. The molecule has 20 heavy (non-hydrogen) atoms. The highest BCUT2D eigenvalue weighted by Crippen LogP contribution is 2.34. The molecule has 0 aliphatic carbocycles. The average molecular weight is 302 g/mol. The van der Waals surface area contributed by atoms with Gasteiger partial charge in [0.1, 0.15) is 5.75 Å². The third-order valence-electron chi connectivity index (χ3n) is 3.05. The Kier molecular flexibility index (Phi) is 5.21. The molecule has 0 atom stereocenters. The number of rotatable bonds is 4. The van der Waals surface area contributed by atoms with E-state index in [0.29, 0.717) is 6.61 Å². The Labute approximate surface area is 131 Å². The summed E-state index contributed by atoms with van der Waals surface area (Å²) < 4.78 is 5.56. The lowest BCUT2D eigenvalue weighted by Crippen LogP contribution is -1.94. The van der Waals surface area contributed by atoms with E-state index < -0.39 is 0 Å². The van der Waals surface area contributed by atoms with Gasteiger partial charge in [0.2, 0.25) is 0 Å². The van der Waals surface area contributed by atoms with Crippen LogP contribution in [0.1, 0.15) is 23.6 Å². The van der Waals surface area contributed by atoms with Crippen molar-refractivity contribution in [3.63, 3.8) is 0 Å². The maximum atomic E-state index is 5.56. The van der Waals surface area contributed by atoms with Crippen molar-refractivity contribution in [2.45, 2.75) is 13.8 Å². The van der Waals surface area contributed by atoms with Crippen LogP contribution in [0.15, 0.2) is 48.5 Å². The molecule has 0 spiro atoms. The smallest absolute Gasteiger partial charge is 0.119 e. The summed E-state index contributed by atoms with van der Waals surface area (Å²) in [5.41, 5.74) is 3.26. The van der Waals surface area contributed by atoms with E-state index in [2.05, 4.69) is 32.2 Å². The van der Waals surface area contributed by atoms with Crippen molar-refractivity contribution in [2.75, 3.05) is 6.61 Å². The molecule has 0 bridgehead atoms. The third kappa shape index (κ3) is 3.41. The summed E-state index contributed by atoms with van der Waals surface area (Å²) in [5, 5.41) is 0. The first-order valence-corrected chi connectivity index (χ1v) is 7.44. The number of thiol groups is 2. The van der Waals surface area contributed by atoms with Gasteiger partial charge < -0.3 is 4.74 Å². The third-order valence-corrected chi connectivity index (χ3v) is 4.17. The van der Waals surface area contributed by atoms with Crippen LogP contribution in [0.4, 0.5) is 0 Å². The number of hydrogen-bond donors (Lipinski definition) is 2. The second-order valence-electron chi connectivity index (χ2n) is 4.47. The van der Waals surface area contributed by atoms with Gasteiger partial charge in [0.25, 0.3) is 0 Å². The molecule has 0 aromatic heterocycles. The Bertz CT molecular complexity index is 618. The van der Waals surface area contributed by atoms with E-state index >= 15 is 0 Å². The van der Waals surface area contributed by atoms with Crippen LogP contribution < -0.4 is 4.74 Å². The first kappa shape index (κ1) is 15.1. The molecule has 0 unspecified atom stereocenters. The zero-order chi connectivity index (χ0) is 14.5. The summed E-state index contributed by atoms with van der Waals surface area (Å²) in [5.74, 6) is 0.855. The molecule has 2 aromatic carbocycles. The number of hydrogen-bond acceptors (Lipinski definition) is 3. The minimum Gasteiger partial charge on any atom is -0.494 e. The van der Waals surface area contributed by atoms with Crippen LogP contribution in [0.3, 0.4) is 0 Å². The maximum Gasteiger partial charge on any atom is 0.119 e. The standard InChI is InChI=1S/C17H18OS2/c1-3-18-14-10-9-12(2)15(11-14)17(20)16(19)13-7-5-4-6-8-13/h4-11,19-20H,3H2,1-2H3. The van der Waals surface area contributed by atoms with E-state index in [1.54, 1.807) is 0 Å². The summed E-state index contributed by atoms with van der Waals surface area (Å²) in [6.07, 6.45) is 0. The van der Waals surface area contributed by atoms with Crippen molar-refractivity contribution in [1.82, 2.24) is 0 Å². The lowest BCUT2D eigenvalue weighted by molar-refractivity contribution is 0.340. The van der Waals surface area contributed by atoms with Crippen molar-refractivity contribution in [1.29, 1.82) is 0 Å². The van der Waals surface area contributed by atoms with Crippen LogP contribution in [0.5, 0.6) is 5.75 Å². The van der Waals surface area contributed by atoms with Crippen LogP contribution in [-0.2, 0) is 0 Å². The predicted molar refractivity (Wildman–Crippen MR) is 93.6 cm³/mol. The van der Waals surface area contributed by atoms with Gasteiger partial charge in [0.05, 0.1) is 6.61 Å². The summed E-state index contributed by atoms with van der Waals surface area (Å²) in [4.78, 5) is 1.73. The van der Waals surface area contributed by atoms with Crippen molar-refractivity contribution in [2.24, 2.45) is 0 Å². The molecule has 0 aliphatic rings. The van der Waals surface area contributed by atoms with Gasteiger partial charge in [0.15, 0.2) is 0 Å². The van der Waals surface area contributed by atoms with Gasteiger partial charge in [-0.25, -0.2) is 0 Å². The molecule has 2 aromatic rings. The summed E-state index contributed by atoms with van der Waals surface area (Å²) in [7, 11) is 0. The normalized spacial score (nSPS) is 12.0. The van der Waals surface area contributed by atoms with E-state index in [4.69, 9.17) is 4.74 Å². The molecule has 2 rings (SSSR count). The van der Waals surface area contributed by atoms with Crippen molar-refractivity contribution in [3.8, 4) is 5.75 Å². The van der Waals surface area contributed by atoms with Crippen LogP contribution in [0.25, 0.3) is 9.81 Å². The molecule has 0 N–H and O–H groups in total. The molecular weight excluding hydrogens is 284 g/mol. The lowest BCUT2D eigenvalue weighted by atomic mass is 10.1. The highest BCUT2D eigenvalue weighted by Gasteiger charge is 2.09. The molecule has 1 nitrogen and oxygen atoms in total. The molecule has 0 radical (unpaired) electrons. The van der Waals surface area contributed by atoms with Gasteiger partial charge in [-0.15, -0.1) is 25.3 Å². The number of benzene rings is 2. The lowest BCUT2D eigenvalue weighted by Gasteiger charge is -2.12. The van der Waals surface area contributed by atoms with Crippen LogP contribution in [-0.4, -0.2) is 6.61 Å². The fourth-order valence-electron chi connectivity index (χ4n) is 1.97. The SMILES string of the molecule is CCOc1ccc(C)c(C(S)=C(S)c2ccccc2)c1.